The van der Waals surface area contributed by atoms with E-state index in [4.69, 9.17) is 0 Å². The van der Waals surface area contributed by atoms with Crippen LogP contribution in [-0.4, -0.2) is 60.2 Å². The Bertz CT molecular complexity index is 858. The first-order valence-electron chi connectivity index (χ1n) is 9.53. The van der Waals surface area contributed by atoms with Crippen molar-refractivity contribution in [1.82, 2.24) is 9.80 Å². The number of anilines is 1. The highest BCUT2D eigenvalue weighted by Crippen LogP contribution is 2.18. The summed E-state index contributed by atoms with van der Waals surface area (Å²) in [6, 6.07) is 16.4. The van der Waals surface area contributed by atoms with Gasteiger partial charge < -0.3 is 14.7 Å². The lowest BCUT2D eigenvalue weighted by atomic mass is 10.1. The number of para-hydroxylation sites is 1. The van der Waals surface area contributed by atoms with Gasteiger partial charge in [-0.05, 0) is 37.3 Å². The van der Waals surface area contributed by atoms with Crippen LogP contribution in [0, 0.1) is 0 Å². The SMILES string of the molecule is CCN(C(=O)c1cccc(C(=O)N2CCN(C(C)=O)CC2)c1)c1ccccc1. The second kappa shape index (κ2) is 8.69. The fraction of sp³-hybridized carbons (Fsp3) is 0.318. The van der Waals surface area contributed by atoms with E-state index < -0.39 is 0 Å². The highest BCUT2D eigenvalue weighted by atomic mass is 16.2. The molecule has 2 aromatic rings. The molecule has 0 spiro atoms. The number of piperazine rings is 1. The number of carbonyl (C=O) groups excluding carboxylic acids is 3. The van der Waals surface area contributed by atoms with Crippen LogP contribution in [0.5, 0.6) is 0 Å². The predicted octanol–water partition coefficient (Wildman–Crippen LogP) is 2.66. The molecule has 0 aliphatic carbocycles. The fourth-order valence-corrected chi connectivity index (χ4v) is 3.40. The van der Waals surface area contributed by atoms with Gasteiger partial charge >= 0.3 is 0 Å². The number of amides is 3. The maximum atomic E-state index is 13.0. The van der Waals surface area contributed by atoms with Gasteiger partial charge in [0.05, 0.1) is 0 Å². The van der Waals surface area contributed by atoms with Crippen molar-refractivity contribution in [1.29, 1.82) is 0 Å². The first-order chi connectivity index (χ1) is 13.5. The molecule has 3 rings (SSSR count). The van der Waals surface area contributed by atoms with E-state index in [1.807, 2.05) is 37.3 Å². The quantitative estimate of drug-likeness (QED) is 0.821. The summed E-state index contributed by atoms with van der Waals surface area (Å²) in [6.07, 6.45) is 0. The van der Waals surface area contributed by atoms with Gasteiger partial charge in [-0.25, -0.2) is 0 Å². The largest absolute Gasteiger partial charge is 0.339 e. The first kappa shape index (κ1) is 19.6. The molecule has 6 nitrogen and oxygen atoms in total. The van der Waals surface area contributed by atoms with Gasteiger partial charge in [0.2, 0.25) is 5.91 Å². The summed E-state index contributed by atoms with van der Waals surface area (Å²) in [5.74, 6) is -0.217. The first-order valence-corrected chi connectivity index (χ1v) is 9.53. The van der Waals surface area contributed by atoms with Crippen molar-refractivity contribution in [3.8, 4) is 0 Å². The van der Waals surface area contributed by atoms with Crippen molar-refractivity contribution in [3.05, 3.63) is 65.7 Å². The van der Waals surface area contributed by atoms with E-state index in [-0.39, 0.29) is 17.7 Å². The molecule has 1 aliphatic heterocycles. The molecule has 0 radical (unpaired) electrons. The molecule has 0 bridgehead atoms. The number of hydrogen-bond donors (Lipinski definition) is 0. The average Bonchev–Trinajstić information content (AvgIpc) is 2.74. The molecule has 0 atom stereocenters. The minimum Gasteiger partial charge on any atom is -0.339 e. The Labute approximate surface area is 165 Å². The third kappa shape index (κ3) is 4.22. The van der Waals surface area contributed by atoms with E-state index in [1.165, 1.54) is 0 Å². The normalized spacial score (nSPS) is 13.9. The summed E-state index contributed by atoms with van der Waals surface area (Å²) in [6.45, 7) is 6.08. The molecule has 3 amide bonds. The zero-order valence-corrected chi connectivity index (χ0v) is 16.3. The molecule has 0 aromatic heterocycles. The fourth-order valence-electron chi connectivity index (χ4n) is 3.40. The number of nitrogens with zero attached hydrogens (tertiary/aromatic N) is 3. The summed E-state index contributed by atoms with van der Waals surface area (Å²) < 4.78 is 0. The molecule has 1 aliphatic rings. The van der Waals surface area contributed by atoms with Crippen molar-refractivity contribution in [2.24, 2.45) is 0 Å². The predicted molar refractivity (Wildman–Crippen MR) is 108 cm³/mol. The Morgan fingerprint density at radius 2 is 1.46 bits per heavy atom. The Morgan fingerprint density at radius 1 is 0.857 bits per heavy atom. The van der Waals surface area contributed by atoms with Gasteiger partial charge in [-0.1, -0.05) is 24.3 Å². The van der Waals surface area contributed by atoms with Crippen LogP contribution in [-0.2, 0) is 4.79 Å². The van der Waals surface area contributed by atoms with Crippen molar-refractivity contribution >= 4 is 23.4 Å². The molecular formula is C22H25N3O3. The van der Waals surface area contributed by atoms with Crippen LogP contribution in [0.4, 0.5) is 5.69 Å². The maximum Gasteiger partial charge on any atom is 0.258 e. The summed E-state index contributed by atoms with van der Waals surface area (Å²) in [4.78, 5) is 42.5. The molecule has 28 heavy (non-hydrogen) atoms. The Hall–Kier alpha value is -3.15. The minimum absolute atomic E-state index is 0.0280. The third-order valence-corrected chi connectivity index (χ3v) is 5.00. The number of carbonyl (C=O) groups is 3. The highest BCUT2D eigenvalue weighted by Gasteiger charge is 2.24. The van der Waals surface area contributed by atoms with Crippen molar-refractivity contribution in [3.63, 3.8) is 0 Å². The maximum absolute atomic E-state index is 13.0. The number of hydrogen-bond acceptors (Lipinski definition) is 3. The Kier molecular flexibility index (Phi) is 6.09. The summed E-state index contributed by atoms with van der Waals surface area (Å²) in [7, 11) is 0. The van der Waals surface area contributed by atoms with Gasteiger partial charge in [0.15, 0.2) is 0 Å². The van der Waals surface area contributed by atoms with Crippen molar-refractivity contribution in [2.45, 2.75) is 13.8 Å². The third-order valence-electron chi connectivity index (χ3n) is 5.00. The van der Waals surface area contributed by atoms with Gasteiger partial charge in [-0.15, -0.1) is 0 Å². The van der Waals surface area contributed by atoms with Crippen LogP contribution >= 0.6 is 0 Å². The molecular weight excluding hydrogens is 354 g/mol. The van der Waals surface area contributed by atoms with Crippen molar-refractivity contribution < 1.29 is 14.4 Å². The molecule has 1 heterocycles. The van der Waals surface area contributed by atoms with Crippen LogP contribution in [0.2, 0.25) is 0 Å². The van der Waals surface area contributed by atoms with Crippen LogP contribution < -0.4 is 4.90 Å². The smallest absolute Gasteiger partial charge is 0.258 e. The molecule has 0 saturated carbocycles. The Balaban J connectivity index is 1.75. The second-order valence-electron chi connectivity index (χ2n) is 6.76. The Morgan fingerprint density at radius 3 is 2.07 bits per heavy atom. The lowest BCUT2D eigenvalue weighted by Gasteiger charge is -2.34. The topological polar surface area (TPSA) is 60.9 Å². The monoisotopic (exact) mass is 379 g/mol. The van der Waals surface area contributed by atoms with E-state index in [9.17, 15) is 14.4 Å². The van der Waals surface area contributed by atoms with Crippen LogP contribution in [0.25, 0.3) is 0 Å². The van der Waals surface area contributed by atoms with Gasteiger partial charge in [0.25, 0.3) is 11.8 Å². The molecule has 0 unspecified atom stereocenters. The molecule has 146 valence electrons. The standard InChI is InChI=1S/C22H25N3O3/c1-3-25(20-10-5-4-6-11-20)22(28)19-9-7-8-18(16-19)21(27)24-14-12-23(13-15-24)17(2)26/h4-11,16H,3,12-15H2,1-2H3. The summed E-state index contributed by atoms with van der Waals surface area (Å²) in [5, 5.41) is 0. The van der Waals surface area contributed by atoms with Crippen molar-refractivity contribution in [2.75, 3.05) is 37.6 Å². The highest BCUT2D eigenvalue weighted by molar-refractivity contribution is 6.07. The average molecular weight is 379 g/mol. The van der Waals surface area contributed by atoms with E-state index in [0.717, 1.165) is 5.69 Å². The number of rotatable bonds is 4. The summed E-state index contributed by atoms with van der Waals surface area (Å²) in [5.41, 5.74) is 1.80. The van der Waals surface area contributed by atoms with E-state index in [0.29, 0.717) is 43.9 Å². The van der Waals surface area contributed by atoms with Gasteiger partial charge in [-0.2, -0.15) is 0 Å². The molecule has 6 heteroatoms. The van der Waals surface area contributed by atoms with Crippen LogP contribution in [0.1, 0.15) is 34.6 Å². The molecule has 2 aromatic carbocycles. The van der Waals surface area contributed by atoms with E-state index in [1.54, 1.807) is 45.9 Å². The van der Waals surface area contributed by atoms with Crippen LogP contribution in [0.15, 0.2) is 54.6 Å². The zero-order valence-electron chi connectivity index (χ0n) is 16.3. The lowest BCUT2D eigenvalue weighted by molar-refractivity contribution is -0.130. The number of benzene rings is 2. The van der Waals surface area contributed by atoms with Gasteiger partial charge in [0.1, 0.15) is 0 Å². The summed E-state index contributed by atoms with van der Waals surface area (Å²) >= 11 is 0. The van der Waals surface area contributed by atoms with Crippen LogP contribution in [0.3, 0.4) is 0 Å². The van der Waals surface area contributed by atoms with E-state index in [2.05, 4.69) is 0 Å². The van der Waals surface area contributed by atoms with Gasteiger partial charge in [0, 0.05) is 56.5 Å². The molecule has 1 saturated heterocycles. The molecule has 0 N–H and O–H groups in total. The van der Waals surface area contributed by atoms with E-state index >= 15 is 0 Å². The van der Waals surface area contributed by atoms with Gasteiger partial charge in [-0.3, -0.25) is 14.4 Å². The molecule has 1 fully saturated rings. The minimum atomic E-state index is -0.134. The second-order valence-corrected chi connectivity index (χ2v) is 6.76. The zero-order chi connectivity index (χ0) is 20.1. The lowest BCUT2D eigenvalue weighted by Crippen LogP contribution is -2.50.